The number of hydrogen-bond donors (Lipinski definition) is 3. The van der Waals surface area contributed by atoms with Crippen molar-refractivity contribution in [1.82, 2.24) is 19.9 Å². The van der Waals surface area contributed by atoms with Crippen LogP contribution >= 0.6 is 0 Å². The van der Waals surface area contributed by atoms with Crippen LogP contribution in [0.4, 0.5) is 5.95 Å². The Balaban J connectivity index is 1.95. The molecule has 0 radical (unpaired) electrons. The first-order valence-corrected chi connectivity index (χ1v) is 6.45. The third-order valence-corrected chi connectivity index (χ3v) is 3.40. The second kappa shape index (κ2) is 4.17. The number of anilines is 1. The molecule has 4 N–H and O–H groups in total. The van der Waals surface area contributed by atoms with E-state index in [4.69, 9.17) is 5.73 Å². The van der Waals surface area contributed by atoms with E-state index >= 15 is 0 Å². The van der Waals surface area contributed by atoms with E-state index in [2.05, 4.69) is 19.9 Å². The van der Waals surface area contributed by atoms with E-state index in [1.165, 1.54) is 0 Å². The highest BCUT2D eigenvalue weighted by atomic mass is 16.1. The molecule has 2 heterocycles. The fraction of sp³-hybridized carbons (Fsp3) is 0. The SMILES string of the molecule is Nc1nc2nc(-c3ccc4ccccc4c3)[nH]c2c(=O)[nH]1. The Morgan fingerprint density at radius 1 is 0.952 bits per heavy atom. The van der Waals surface area contributed by atoms with Crippen LogP contribution < -0.4 is 11.3 Å². The molecule has 0 saturated carbocycles. The number of nitrogens with zero attached hydrogens (tertiary/aromatic N) is 2. The molecule has 0 aliphatic carbocycles. The normalized spacial score (nSPS) is 11.2. The van der Waals surface area contributed by atoms with Gasteiger partial charge in [-0.15, -0.1) is 0 Å². The Hall–Kier alpha value is -3.15. The number of hydrogen-bond acceptors (Lipinski definition) is 4. The van der Waals surface area contributed by atoms with Crippen molar-refractivity contribution in [1.29, 1.82) is 0 Å². The minimum atomic E-state index is -0.322. The van der Waals surface area contributed by atoms with Gasteiger partial charge in [0.05, 0.1) is 0 Å². The standard InChI is InChI=1S/C15H11N5O/c16-15-19-13-11(14(21)20-15)17-12(18-13)10-6-5-8-3-1-2-4-9(8)7-10/h1-7H,(H4,16,17,18,19,20,21). The highest BCUT2D eigenvalue weighted by Crippen LogP contribution is 2.23. The maximum absolute atomic E-state index is 11.8. The van der Waals surface area contributed by atoms with E-state index < -0.39 is 0 Å². The topological polar surface area (TPSA) is 100 Å². The molecule has 6 nitrogen and oxygen atoms in total. The number of aromatic nitrogens is 4. The summed E-state index contributed by atoms with van der Waals surface area (Å²) >= 11 is 0. The molecule has 4 aromatic rings. The van der Waals surface area contributed by atoms with Crippen molar-refractivity contribution in [3.05, 3.63) is 52.8 Å². The maximum atomic E-state index is 11.8. The molecule has 0 aliphatic rings. The minimum absolute atomic E-state index is 0.0593. The number of fused-ring (bicyclic) bond motifs is 2. The second-order valence-electron chi connectivity index (χ2n) is 4.80. The largest absolute Gasteiger partial charge is 0.369 e. The minimum Gasteiger partial charge on any atom is -0.369 e. The molecule has 21 heavy (non-hydrogen) atoms. The van der Waals surface area contributed by atoms with Crippen LogP contribution in [0.5, 0.6) is 0 Å². The van der Waals surface area contributed by atoms with Crippen LogP contribution in [0.1, 0.15) is 0 Å². The molecule has 2 aromatic carbocycles. The first kappa shape index (κ1) is 11.7. The van der Waals surface area contributed by atoms with Crippen molar-refractivity contribution >= 4 is 27.9 Å². The molecule has 0 fully saturated rings. The molecule has 0 amide bonds. The maximum Gasteiger partial charge on any atom is 0.278 e. The van der Waals surface area contributed by atoms with Gasteiger partial charge < -0.3 is 10.7 Å². The summed E-state index contributed by atoms with van der Waals surface area (Å²) in [5, 5.41) is 2.26. The van der Waals surface area contributed by atoms with Crippen LogP contribution in [0.25, 0.3) is 33.3 Å². The van der Waals surface area contributed by atoms with Crippen molar-refractivity contribution in [2.24, 2.45) is 0 Å². The molecule has 6 heteroatoms. The second-order valence-corrected chi connectivity index (χ2v) is 4.80. The van der Waals surface area contributed by atoms with Crippen LogP contribution in [-0.2, 0) is 0 Å². The van der Waals surface area contributed by atoms with Crippen LogP contribution in [0.15, 0.2) is 47.3 Å². The number of nitrogens with one attached hydrogen (secondary N) is 2. The Kier molecular flexibility index (Phi) is 2.32. The lowest BCUT2D eigenvalue weighted by molar-refractivity contribution is 1.17. The van der Waals surface area contributed by atoms with Crippen molar-refractivity contribution < 1.29 is 0 Å². The van der Waals surface area contributed by atoms with Gasteiger partial charge in [-0.3, -0.25) is 9.78 Å². The van der Waals surface area contributed by atoms with Gasteiger partial charge in [0, 0.05) is 5.56 Å². The Bertz CT molecular complexity index is 1030. The van der Waals surface area contributed by atoms with Crippen molar-refractivity contribution in [2.75, 3.05) is 5.73 Å². The number of nitrogens with two attached hydrogens (primary N) is 1. The predicted octanol–water partition coefficient (Wildman–Crippen LogP) is 2.05. The van der Waals surface area contributed by atoms with Gasteiger partial charge in [0.1, 0.15) is 5.82 Å². The first-order valence-electron chi connectivity index (χ1n) is 6.45. The van der Waals surface area contributed by atoms with Gasteiger partial charge in [0.15, 0.2) is 11.2 Å². The van der Waals surface area contributed by atoms with Crippen LogP contribution in [-0.4, -0.2) is 19.9 Å². The summed E-state index contributed by atoms with van der Waals surface area (Å²) in [6.45, 7) is 0. The summed E-state index contributed by atoms with van der Waals surface area (Å²) in [5.41, 5.74) is 6.74. The van der Waals surface area contributed by atoms with Crippen molar-refractivity contribution in [3.63, 3.8) is 0 Å². The number of nitrogen functional groups attached to an aromatic ring is 1. The molecular formula is C15H11N5O. The van der Waals surface area contributed by atoms with Gasteiger partial charge in [0.2, 0.25) is 5.95 Å². The smallest absolute Gasteiger partial charge is 0.278 e. The molecule has 0 atom stereocenters. The first-order chi connectivity index (χ1) is 10.2. The lowest BCUT2D eigenvalue weighted by Gasteiger charge is -2.00. The van der Waals surface area contributed by atoms with Crippen LogP contribution in [0, 0.1) is 0 Å². The molecule has 0 bridgehead atoms. The summed E-state index contributed by atoms with van der Waals surface area (Å²) in [4.78, 5) is 25.6. The third kappa shape index (κ3) is 1.85. The number of aromatic amines is 2. The highest BCUT2D eigenvalue weighted by Gasteiger charge is 2.10. The molecule has 0 unspecified atom stereocenters. The number of H-pyrrole nitrogens is 2. The zero-order valence-electron chi connectivity index (χ0n) is 10.9. The van der Waals surface area contributed by atoms with Crippen LogP contribution in [0.2, 0.25) is 0 Å². The van der Waals surface area contributed by atoms with Crippen LogP contribution in [0.3, 0.4) is 0 Å². The van der Waals surface area contributed by atoms with Gasteiger partial charge in [-0.05, 0) is 16.8 Å². The van der Waals surface area contributed by atoms with E-state index in [9.17, 15) is 4.79 Å². The summed E-state index contributed by atoms with van der Waals surface area (Å²) in [7, 11) is 0. The zero-order chi connectivity index (χ0) is 14.4. The summed E-state index contributed by atoms with van der Waals surface area (Å²) in [6.07, 6.45) is 0. The number of imidazole rings is 1. The molecule has 2 aromatic heterocycles. The van der Waals surface area contributed by atoms with Crippen molar-refractivity contribution in [2.45, 2.75) is 0 Å². The van der Waals surface area contributed by atoms with Gasteiger partial charge in [-0.2, -0.15) is 4.98 Å². The van der Waals surface area contributed by atoms with Gasteiger partial charge >= 0.3 is 0 Å². The zero-order valence-corrected chi connectivity index (χ0v) is 10.9. The fourth-order valence-electron chi connectivity index (χ4n) is 2.40. The highest BCUT2D eigenvalue weighted by molar-refractivity contribution is 5.87. The Labute approximate surface area is 118 Å². The average Bonchev–Trinajstić information content (AvgIpc) is 2.91. The molecule has 102 valence electrons. The average molecular weight is 277 g/mol. The third-order valence-electron chi connectivity index (χ3n) is 3.40. The predicted molar refractivity (Wildman–Crippen MR) is 81.9 cm³/mol. The lowest BCUT2D eigenvalue weighted by atomic mass is 10.1. The van der Waals surface area contributed by atoms with Gasteiger partial charge in [0.25, 0.3) is 5.56 Å². The number of rotatable bonds is 1. The summed E-state index contributed by atoms with van der Waals surface area (Å²) in [6, 6.07) is 14.1. The molecule has 4 rings (SSSR count). The lowest BCUT2D eigenvalue weighted by Crippen LogP contribution is -2.10. The van der Waals surface area contributed by atoms with E-state index in [-0.39, 0.29) is 11.5 Å². The number of benzene rings is 2. The molecule has 0 saturated heterocycles. The summed E-state index contributed by atoms with van der Waals surface area (Å²) < 4.78 is 0. The quantitative estimate of drug-likeness (QED) is 0.495. The summed E-state index contributed by atoms with van der Waals surface area (Å²) in [5.74, 6) is 0.656. The van der Waals surface area contributed by atoms with Crippen molar-refractivity contribution in [3.8, 4) is 11.4 Å². The molecular weight excluding hydrogens is 266 g/mol. The van der Waals surface area contributed by atoms with E-state index in [1.54, 1.807) is 0 Å². The molecule has 0 aliphatic heterocycles. The van der Waals surface area contributed by atoms with E-state index in [0.29, 0.717) is 17.0 Å². The Morgan fingerprint density at radius 3 is 2.62 bits per heavy atom. The fourth-order valence-corrected chi connectivity index (χ4v) is 2.40. The Morgan fingerprint density at radius 2 is 1.76 bits per heavy atom. The monoisotopic (exact) mass is 277 g/mol. The van der Waals surface area contributed by atoms with E-state index in [1.807, 2.05) is 42.5 Å². The van der Waals surface area contributed by atoms with E-state index in [0.717, 1.165) is 16.3 Å². The molecule has 0 spiro atoms. The van der Waals surface area contributed by atoms with Gasteiger partial charge in [-0.1, -0.05) is 36.4 Å². The van der Waals surface area contributed by atoms with Gasteiger partial charge in [-0.25, -0.2) is 4.98 Å².